The van der Waals surface area contributed by atoms with Gasteiger partial charge in [-0.2, -0.15) is 0 Å². The summed E-state index contributed by atoms with van der Waals surface area (Å²) in [6.07, 6.45) is 3.54. The molecule has 0 aliphatic rings. The van der Waals surface area contributed by atoms with E-state index in [2.05, 4.69) is 16.4 Å². The van der Waals surface area contributed by atoms with Crippen molar-refractivity contribution < 1.29 is 9.72 Å². The summed E-state index contributed by atoms with van der Waals surface area (Å²) < 4.78 is 1.94. The normalized spacial score (nSPS) is 10.8. The number of thioether (sulfide) groups is 1. The van der Waals surface area contributed by atoms with Crippen LogP contribution in [0.1, 0.15) is 22.3 Å². The fourth-order valence-electron chi connectivity index (χ4n) is 3.02. The Labute approximate surface area is 173 Å². The van der Waals surface area contributed by atoms with Crippen molar-refractivity contribution >= 4 is 29.0 Å². The lowest BCUT2D eigenvalue weighted by atomic mass is 10.1. The molecule has 0 aliphatic heterocycles. The molecule has 0 atom stereocenters. The van der Waals surface area contributed by atoms with Crippen LogP contribution < -0.4 is 5.32 Å². The molecule has 2 aromatic carbocycles. The number of aromatic nitrogens is 2. The van der Waals surface area contributed by atoms with E-state index in [1.807, 2.05) is 43.7 Å². The molecular formula is C21H22N4O3S. The molecule has 0 radical (unpaired) electrons. The lowest BCUT2D eigenvalue weighted by molar-refractivity contribution is -0.384. The van der Waals surface area contributed by atoms with Gasteiger partial charge in [-0.15, -0.1) is 0 Å². The van der Waals surface area contributed by atoms with Crippen molar-refractivity contribution in [1.29, 1.82) is 0 Å². The Morgan fingerprint density at radius 1 is 1.14 bits per heavy atom. The van der Waals surface area contributed by atoms with Gasteiger partial charge in [0.2, 0.25) is 5.91 Å². The van der Waals surface area contributed by atoms with E-state index >= 15 is 0 Å². The summed E-state index contributed by atoms with van der Waals surface area (Å²) in [5.74, 6) is -0.233. The smallest absolute Gasteiger partial charge is 0.293 e. The van der Waals surface area contributed by atoms with Gasteiger partial charge in [0.15, 0.2) is 5.16 Å². The summed E-state index contributed by atoms with van der Waals surface area (Å²) in [6.45, 7) is 7.72. The van der Waals surface area contributed by atoms with Gasteiger partial charge in [0, 0.05) is 18.5 Å². The van der Waals surface area contributed by atoms with E-state index in [-0.39, 0.29) is 23.0 Å². The van der Waals surface area contributed by atoms with Crippen molar-refractivity contribution in [3.05, 3.63) is 75.1 Å². The molecule has 1 N–H and O–H groups in total. The molecule has 7 nitrogen and oxygen atoms in total. The first kappa shape index (κ1) is 20.6. The number of nitrogens with one attached hydrogen (secondary N) is 1. The number of rotatable bonds is 6. The first-order chi connectivity index (χ1) is 13.8. The van der Waals surface area contributed by atoms with Crippen molar-refractivity contribution in [2.24, 2.45) is 0 Å². The van der Waals surface area contributed by atoms with Crippen LogP contribution in [0.2, 0.25) is 0 Å². The number of carbonyl (C=O) groups excluding carboxylic acids is 1. The predicted molar refractivity (Wildman–Crippen MR) is 115 cm³/mol. The van der Waals surface area contributed by atoms with Gasteiger partial charge >= 0.3 is 0 Å². The summed E-state index contributed by atoms with van der Waals surface area (Å²) in [5.41, 5.74) is 5.07. The standard InChI is InChI=1S/C21H22N4O3S/c1-13-5-6-18(16(4)9-13)24-8-7-22-21(24)29-12-20(26)23-17-10-14(2)15(3)11-19(17)25(27)28/h5-11H,12H2,1-4H3,(H,23,26). The van der Waals surface area contributed by atoms with E-state index in [9.17, 15) is 14.9 Å². The van der Waals surface area contributed by atoms with Crippen LogP contribution >= 0.6 is 11.8 Å². The fraction of sp³-hybridized carbons (Fsp3) is 0.238. The van der Waals surface area contributed by atoms with Crippen molar-refractivity contribution in [2.75, 3.05) is 11.1 Å². The van der Waals surface area contributed by atoms with Crippen LogP contribution in [-0.4, -0.2) is 26.1 Å². The van der Waals surface area contributed by atoms with Crippen molar-refractivity contribution in [3.8, 4) is 5.69 Å². The first-order valence-electron chi connectivity index (χ1n) is 9.05. The molecule has 150 valence electrons. The second-order valence-corrected chi connectivity index (χ2v) is 7.86. The van der Waals surface area contributed by atoms with Crippen LogP contribution in [-0.2, 0) is 4.79 Å². The van der Waals surface area contributed by atoms with Crippen LogP contribution in [0.15, 0.2) is 47.9 Å². The third-order valence-corrected chi connectivity index (χ3v) is 5.60. The second kappa shape index (κ2) is 8.48. The van der Waals surface area contributed by atoms with Gasteiger partial charge in [-0.3, -0.25) is 19.5 Å². The van der Waals surface area contributed by atoms with Gasteiger partial charge in [-0.1, -0.05) is 29.5 Å². The van der Waals surface area contributed by atoms with Crippen LogP contribution in [0.25, 0.3) is 5.69 Å². The van der Waals surface area contributed by atoms with Crippen LogP contribution in [0.5, 0.6) is 0 Å². The molecule has 3 aromatic rings. The zero-order valence-electron chi connectivity index (χ0n) is 16.7. The molecule has 29 heavy (non-hydrogen) atoms. The number of nitrogens with zero attached hydrogens (tertiary/aromatic N) is 3. The Bertz CT molecular complexity index is 1090. The molecule has 0 fully saturated rings. The monoisotopic (exact) mass is 410 g/mol. The molecule has 0 bridgehead atoms. The van der Waals surface area contributed by atoms with Crippen LogP contribution in [0.3, 0.4) is 0 Å². The highest BCUT2D eigenvalue weighted by molar-refractivity contribution is 7.99. The molecule has 1 heterocycles. The van der Waals surface area contributed by atoms with Gasteiger partial charge in [-0.25, -0.2) is 4.98 Å². The first-order valence-corrected chi connectivity index (χ1v) is 10.0. The predicted octanol–water partition coefficient (Wildman–Crippen LogP) is 4.74. The van der Waals surface area contributed by atoms with Gasteiger partial charge in [-0.05, 0) is 56.5 Å². The quantitative estimate of drug-likeness (QED) is 0.360. The lowest BCUT2D eigenvalue weighted by Crippen LogP contribution is -2.16. The molecule has 0 unspecified atom stereocenters. The van der Waals surface area contributed by atoms with E-state index in [1.54, 1.807) is 19.2 Å². The maximum atomic E-state index is 12.4. The maximum absolute atomic E-state index is 12.4. The Kier molecular flexibility index (Phi) is 6.03. The Morgan fingerprint density at radius 3 is 2.55 bits per heavy atom. The number of anilines is 1. The molecule has 8 heteroatoms. The lowest BCUT2D eigenvalue weighted by Gasteiger charge is -2.12. The summed E-state index contributed by atoms with van der Waals surface area (Å²) in [7, 11) is 0. The number of hydrogen-bond donors (Lipinski definition) is 1. The van der Waals surface area contributed by atoms with E-state index in [4.69, 9.17) is 0 Å². The minimum Gasteiger partial charge on any atom is -0.320 e. The Hall–Kier alpha value is -3.13. The molecule has 0 saturated heterocycles. The number of nitro benzene ring substituents is 1. The average molecular weight is 410 g/mol. The number of hydrogen-bond acceptors (Lipinski definition) is 5. The van der Waals surface area contributed by atoms with Crippen LogP contribution in [0.4, 0.5) is 11.4 Å². The summed E-state index contributed by atoms with van der Waals surface area (Å²) in [4.78, 5) is 27.6. The zero-order chi connectivity index (χ0) is 21.1. The minimum absolute atomic E-state index is 0.0893. The molecule has 0 saturated carbocycles. The molecular weight excluding hydrogens is 388 g/mol. The van der Waals surface area contributed by atoms with Gasteiger partial charge in [0.25, 0.3) is 5.69 Å². The van der Waals surface area contributed by atoms with Gasteiger partial charge in [0.1, 0.15) is 5.69 Å². The number of aryl methyl sites for hydroxylation is 4. The molecule has 3 rings (SSSR count). The number of benzene rings is 2. The maximum Gasteiger partial charge on any atom is 0.293 e. The van der Waals surface area contributed by atoms with Gasteiger partial charge in [0.05, 0.1) is 16.4 Å². The van der Waals surface area contributed by atoms with E-state index in [0.29, 0.717) is 5.16 Å². The van der Waals surface area contributed by atoms with Crippen LogP contribution in [0, 0.1) is 37.8 Å². The number of nitro groups is 1. The summed E-state index contributed by atoms with van der Waals surface area (Å²) >= 11 is 1.28. The summed E-state index contributed by atoms with van der Waals surface area (Å²) in [6, 6.07) is 9.25. The molecule has 1 aromatic heterocycles. The second-order valence-electron chi connectivity index (χ2n) is 6.92. The SMILES string of the molecule is Cc1ccc(-n2ccnc2SCC(=O)Nc2cc(C)c(C)cc2[N+](=O)[O-])c(C)c1. The van der Waals surface area contributed by atoms with Crippen molar-refractivity contribution in [3.63, 3.8) is 0 Å². The van der Waals surface area contributed by atoms with Gasteiger partial charge < -0.3 is 5.32 Å². The molecule has 0 aliphatic carbocycles. The topological polar surface area (TPSA) is 90.1 Å². The highest BCUT2D eigenvalue weighted by Gasteiger charge is 2.18. The largest absolute Gasteiger partial charge is 0.320 e. The number of amides is 1. The molecule has 0 spiro atoms. The third-order valence-electron chi connectivity index (χ3n) is 4.63. The highest BCUT2D eigenvalue weighted by atomic mass is 32.2. The van der Waals surface area contributed by atoms with Crippen molar-refractivity contribution in [2.45, 2.75) is 32.9 Å². The highest BCUT2D eigenvalue weighted by Crippen LogP contribution is 2.29. The van der Waals surface area contributed by atoms with Crippen molar-refractivity contribution in [1.82, 2.24) is 9.55 Å². The fourth-order valence-corrected chi connectivity index (χ4v) is 3.79. The number of carbonyl (C=O) groups is 1. The Morgan fingerprint density at radius 2 is 1.86 bits per heavy atom. The van der Waals surface area contributed by atoms with E-state index in [0.717, 1.165) is 22.4 Å². The zero-order valence-corrected chi connectivity index (χ0v) is 17.5. The molecule has 1 amide bonds. The van der Waals surface area contributed by atoms with E-state index < -0.39 is 4.92 Å². The minimum atomic E-state index is -0.484. The number of imidazole rings is 1. The Balaban J connectivity index is 1.74. The third kappa shape index (κ3) is 4.65. The van der Waals surface area contributed by atoms with E-state index in [1.165, 1.54) is 23.4 Å². The summed E-state index contributed by atoms with van der Waals surface area (Å²) in [5, 5.41) is 14.6. The average Bonchev–Trinajstić information content (AvgIpc) is 3.11.